The first-order chi connectivity index (χ1) is 9.11. The number of nitrogens with zero attached hydrogens (tertiary/aromatic N) is 1. The van der Waals surface area contributed by atoms with Gasteiger partial charge < -0.3 is 4.74 Å². The highest BCUT2D eigenvalue weighted by Gasteiger charge is 2.09. The summed E-state index contributed by atoms with van der Waals surface area (Å²) in [6.45, 7) is 2.03. The van der Waals surface area contributed by atoms with Gasteiger partial charge in [0.15, 0.2) is 0 Å². The van der Waals surface area contributed by atoms with Crippen molar-refractivity contribution in [2.75, 3.05) is 0 Å². The van der Waals surface area contributed by atoms with Crippen LogP contribution in [0.2, 0.25) is 5.02 Å². The molecular formula is C14H12BrClFNO. The summed E-state index contributed by atoms with van der Waals surface area (Å²) in [5, 5.41) is 0.686. The Morgan fingerprint density at radius 1 is 1.32 bits per heavy atom. The quantitative estimate of drug-likeness (QED) is 0.753. The Morgan fingerprint density at radius 2 is 2.11 bits per heavy atom. The summed E-state index contributed by atoms with van der Waals surface area (Å²) in [6, 6.07) is 8.55. The molecule has 0 amide bonds. The molecule has 2 nitrogen and oxygen atoms in total. The average Bonchev–Trinajstić information content (AvgIpc) is 2.41. The van der Waals surface area contributed by atoms with Gasteiger partial charge in [-0.05, 0) is 25.1 Å². The minimum absolute atomic E-state index is 0.101. The number of aryl methyl sites for hydroxylation is 1. The molecule has 1 aromatic carbocycles. The smallest absolute Gasteiger partial charge is 0.148 e. The van der Waals surface area contributed by atoms with Gasteiger partial charge in [-0.25, -0.2) is 4.39 Å². The Balaban J connectivity index is 2.17. The van der Waals surface area contributed by atoms with E-state index in [1.807, 2.05) is 19.1 Å². The summed E-state index contributed by atoms with van der Waals surface area (Å²) < 4.78 is 19.3. The Hall–Kier alpha value is -1.13. The maximum absolute atomic E-state index is 13.7. The molecule has 19 heavy (non-hydrogen) atoms. The lowest BCUT2D eigenvalue weighted by atomic mass is 10.2. The summed E-state index contributed by atoms with van der Waals surface area (Å²) in [7, 11) is 0. The van der Waals surface area contributed by atoms with E-state index in [4.69, 9.17) is 16.3 Å². The van der Waals surface area contributed by atoms with Crippen LogP contribution in [0.1, 0.15) is 17.0 Å². The highest BCUT2D eigenvalue weighted by molar-refractivity contribution is 9.08. The molecule has 0 fully saturated rings. The van der Waals surface area contributed by atoms with E-state index in [0.29, 0.717) is 16.6 Å². The van der Waals surface area contributed by atoms with E-state index in [-0.39, 0.29) is 11.6 Å². The van der Waals surface area contributed by atoms with Crippen LogP contribution < -0.4 is 4.74 Å². The zero-order chi connectivity index (χ0) is 13.8. The largest absolute Gasteiger partial charge is 0.487 e. The molecule has 0 atom stereocenters. The average molecular weight is 345 g/mol. The van der Waals surface area contributed by atoms with Gasteiger partial charge in [-0.2, -0.15) is 0 Å². The molecule has 2 rings (SSSR count). The minimum Gasteiger partial charge on any atom is -0.487 e. The standard InChI is InChI=1S/C14H12BrClFNO/c1-9-5-6-13(12(7-15)18-9)19-8-10-3-2-4-11(16)14(10)17/h2-6H,7-8H2,1H3. The van der Waals surface area contributed by atoms with Crippen molar-refractivity contribution in [2.45, 2.75) is 18.9 Å². The van der Waals surface area contributed by atoms with Crippen LogP contribution in [0.3, 0.4) is 0 Å². The van der Waals surface area contributed by atoms with Crippen molar-refractivity contribution in [3.05, 3.63) is 58.1 Å². The molecule has 1 heterocycles. The summed E-state index contributed by atoms with van der Waals surface area (Å²) in [6.07, 6.45) is 0. The van der Waals surface area contributed by atoms with Crippen LogP contribution in [0.5, 0.6) is 5.75 Å². The third-order valence-corrected chi connectivity index (χ3v) is 3.44. The predicted molar refractivity (Wildman–Crippen MR) is 77.3 cm³/mol. The van der Waals surface area contributed by atoms with E-state index in [9.17, 15) is 4.39 Å². The predicted octanol–water partition coefficient (Wildman–Crippen LogP) is 4.66. The number of ether oxygens (including phenoxy) is 1. The van der Waals surface area contributed by atoms with Crippen molar-refractivity contribution in [1.82, 2.24) is 4.98 Å². The van der Waals surface area contributed by atoms with E-state index >= 15 is 0 Å². The fraction of sp³-hybridized carbons (Fsp3) is 0.214. The second-order valence-electron chi connectivity index (χ2n) is 4.03. The van der Waals surface area contributed by atoms with E-state index in [2.05, 4.69) is 20.9 Å². The molecule has 0 saturated carbocycles. The Kier molecular flexibility index (Phi) is 4.77. The van der Waals surface area contributed by atoms with Crippen molar-refractivity contribution >= 4 is 27.5 Å². The van der Waals surface area contributed by atoms with Crippen molar-refractivity contribution in [1.29, 1.82) is 0 Å². The van der Waals surface area contributed by atoms with Gasteiger partial charge in [-0.3, -0.25) is 4.98 Å². The molecule has 1 aromatic heterocycles. The number of pyridine rings is 1. The van der Waals surface area contributed by atoms with Crippen LogP contribution in [0.25, 0.3) is 0 Å². The molecule has 0 aliphatic rings. The molecule has 0 bridgehead atoms. The molecular weight excluding hydrogens is 333 g/mol. The highest BCUT2D eigenvalue weighted by atomic mass is 79.9. The first-order valence-corrected chi connectivity index (χ1v) is 7.20. The number of aromatic nitrogens is 1. The molecule has 0 aliphatic carbocycles. The van der Waals surface area contributed by atoms with Gasteiger partial charge in [0.1, 0.15) is 18.2 Å². The second kappa shape index (κ2) is 6.35. The fourth-order valence-corrected chi connectivity index (χ4v) is 2.24. The summed E-state index contributed by atoms with van der Waals surface area (Å²) in [5.74, 6) is 0.200. The molecule has 2 aromatic rings. The van der Waals surface area contributed by atoms with Gasteiger partial charge in [0.2, 0.25) is 0 Å². The van der Waals surface area contributed by atoms with Crippen LogP contribution in [0.4, 0.5) is 4.39 Å². The lowest BCUT2D eigenvalue weighted by molar-refractivity contribution is 0.296. The normalized spacial score (nSPS) is 10.5. The van der Waals surface area contributed by atoms with E-state index in [1.165, 1.54) is 6.07 Å². The SMILES string of the molecule is Cc1ccc(OCc2cccc(Cl)c2F)c(CBr)n1. The monoisotopic (exact) mass is 343 g/mol. The minimum atomic E-state index is -0.440. The van der Waals surface area contributed by atoms with E-state index in [1.54, 1.807) is 12.1 Å². The van der Waals surface area contributed by atoms with E-state index in [0.717, 1.165) is 11.4 Å². The Labute approximate surface area is 124 Å². The van der Waals surface area contributed by atoms with Crippen LogP contribution in [0.15, 0.2) is 30.3 Å². The van der Waals surface area contributed by atoms with Gasteiger partial charge in [0, 0.05) is 16.6 Å². The van der Waals surface area contributed by atoms with Gasteiger partial charge >= 0.3 is 0 Å². The van der Waals surface area contributed by atoms with Crippen molar-refractivity contribution < 1.29 is 9.13 Å². The molecule has 5 heteroatoms. The van der Waals surface area contributed by atoms with Crippen molar-refractivity contribution in [2.24, 2.45) is 0 Å². The number of benzene rings is 1. The molecule has 0 spiro atoms. The molecule has 0 N–H and O–H groups in total. The summed E-state index contributed by atoms with van der Waals surface area (Å²) >= 11 is 9.08. The molecule has 100 valence electrons. The molecule has 0 radical (unpaired) electrons. The maximum atomic E-state index is 13.7. The van der Waals surface area contributed by atoms with Gasteiger partial charge in [0.05, 0.1) is 10.7 Å². The lowest BCUT2D eigenvalue weighted by Crippen LogP contribution is -2.02. The van der Waals surface area contributed by atoms with Crippen LogP contribution >= 0.6 is 27.5 Å². The van der Waals surface area contributed by atoms with Crippen LogP contribution in [0, 0.1) is 12.7 Å². The number of halogens is 3. The Morgan fingerprint density at radius 3 is 2.84 bits per heavy atom. The first kappa shape index (κ1) is 14.3. The first-order valence-electron chi connectivity index (χ1n) is 5.70. The molecule has 0 aliphatic heterocycles. The van der Waals surface area contributed by atoms with Gasteiger partial charge in [0.25, 0.3) is 0 Å². The van der Waals surface area contributed by atoms with Crippen LogP contribution in [-0.2, 0) is 11.9 Å². The fourth-order valence-electron chi connectivity index (χ4n) is 1.64. The summed E-state index contributed by atoms with van der Waals surface area (Å²) in [4.78, 5) is 4.35. The van der Waals surface area contributed by atoms with E-state index < -0.39 is 5.82 Å². The number of rotatable bonds is 4. The number of alkyl halides is 1. The zero-order valence-corrected chi connectivity index (χ0v) is 12.6. The third-order valence-electron chi connectivity index (χ3n) is 2.61. The zero-order valence-electron chi connectivity index (χ0n) is 10.3. The summed E-state index contributed by atoms with van der Waals surface area (Å²) in [5.41, 5.74) is 2.13. The maximum Gasteiger partial charge on any atom is 0.148 e. The number of hydrogen-bond acceptors (Lipinski definition) is 2. The topological polar surface area (TPSA) is 22.1 Å². The second-order valence-corrected chi connectivity index (χ2v) is 5.00. The lowest BCUT2D eigenvalue weighted by Gasteiger charge is -2.11. The van der Waals surface area contributed by atoms with Gasteiger partial charge in [-0.15, -0.1) is 0 Å². The number of hydrogen-bond donors (Lipinski definition) is 0. The third kappa shape index (κ3) is 3.45. The molecule has 0 unspecified atom stereocenters. The van der Waals surface area contributed by atoms with Crippen molar-refractivity contribution in [3.8, 4) is 5.75 Å². The van der Waals surface area contributed by atoms with Gasteiger partial charge in [-0.1, -0.05) is 39.7 Å². The van der Waals surface area contributed by atoms with Crippen LogP contribution in [-0.4, -0.2) is 4.98 Å². The highest BCUT2D eigenvalue weighted by Crippen LogP contribution is 2.23. The Bertz CT molecular complexity index is 592. The van der Waals surface area contributed by atoms with Crippen molar-refractivity contribution in [3.63, 3.8) is 0 Å². The molecule has 0 saturated heterocycles.